The first-order chi connectivity index (χ1) is 12.4. The second-order valence-electron chi connectivity index (χ2n) is 5.55. The number of hydrogen-bond acceptors (Lipinski definition) is 6. The van der Waals surface area contributed by atoms with Crippen molar-refractivity contribution in [3.8, 4) is 10.6 Å². The Balaban J connectivity index is 1.53. The number of anilines is 2. The maximum atomic E-state index is 4.74. The molecule has 0 saturated carbocycles. The number of rotatable bonds is 3. The van der Waals surface area contributed by atoms with Crippen molar-refractivity contribution in [2.45, 2.75) is 0 Å². The van der Waals surface area contributed by atoms with Crippen molar-refractivity contribution in [2.75, 3.05) is 5.32 Å². The van der Waals surface area contributed by atoms with Gasteiger partial charge in [-0.1, -0.05) is 24.3 Å². The molecule has 120 valence electrons. The smallest absolute Gasteiger partial charge is 0.151 e. The van der Waals surface area contributed by atoms with E-state index in [9.17, 15) is 0 Å². The predicted molar refractivity (Wildman–Crippen MR) is 106 cm³/mol. The fourth-order valence-electron chi connectivity index (χ4n) is 2.74. The zero-order valence-electron chi connectivity index (χ0n) is 13.0. The first-order valence-electron chi connectivity index (χ1n) is 7.78. The molecule has 5 rings (SSSR count). The molecule has 0 spiro atoms. The van der Waals surface area contributed by atoms with Gasteiger partial charge in [0.2, 0.25) is 0 Å². The minimum absolute atomic E-state index is 0.835. The van der Waals surface area contributed by atoms with Crippen LogP contribution in [0.25, 0.3) is 31.0 Å². The van der Waals surface area contributed by atoms with Crippen LogP contribution in [0, 0.1) is 0 Å². The van der Waals surface area contributed by atoms with E-state index >= 15 is 0 Å². The molecule has 0 aliphatic heterocycles. The molecule has 3 aromatic heterocycles. The lowest BCUT2D eigenvalue weighted by atomic mass is 10.2. The Morgan fingerprint density at radius 2 is 1.84 bits per heavy atom. The third-order valence-corrected chi connectivity index (χ3v) is 5.91. The maximum absolute atomic E-state index is 4.74. The molecule has 25 heavy (non-hydrogen) atoms. The second-order valence-corrected chi connectivity index (χ2v) is 7.50. The molecule has 0 saturated heterocycles. The van der Waals surface area contributed by atoms with Gasteiger partial charge in [-0.2, -0.15) is 0 Å². The van der Waals surface area contributed by atoms with E-state index in [0.29, 0.717) is 0 Å². The average molecular weight is 360 g/mol. The van der Waals surface area contributed by atoms with E-state index in [4.69, 9.17) is 4.98 Å². The summed E-state index contributed by atoms with van der Waals surface area (Å²) in [5.41, 5.74) is 4.09. The van der Waals surface area contributed by atoms with Crippen molar-refractivity contribution < 1.29 is 0 Å². The number of nitrogens with zero attached hydrogens (tertiary/aromatic N) is 3. The highest BCUT2D eigenvalue weighted by Gasteiger charge is 2.08. The Morgan fingerprint density at radius 3 is 2.80 bits per heavy atom. The van der Waals surface area contributed by atoms with Gasteiger partial charge in [-0.15, -0.1) is 22.7 Å². The Hall–Kier alpha value is -2.83. The summed E-state index contributed by atoms with van der Waals surface area (Å²) >= 11 is 3.35. The molecule has 3 heterocycles. The number of aromatic nitrogens is 3. The highest BCUT2D eigenvalue weighted by Crippen LogP contribution is 2.33. The third-order valence-electron chi connectivity index (χ3n) is 3.91. The molecular formula is C19H12N4S2. The topological polar surface area (TPSA) is 50.7 Å². The highest BCUT2D eigenvalue weighted by molar-refractivity contribution is 7.21. The van der Waals surface area contributed by atoms with Crippen LogP contribution in [0.2, 0.25) is 0 Å². The summed E-state index contributed by atoms with van der Waals surface area (Å²) in [5.74, 6) is 0.835. The van der Waals surface area contributed by atoms with E-state index < -0.39 is 0 Å². The van der Waals surface area contributed by atoms with E-state index in [1.165, 1.54) is 4.70 Å². The molecule has 0 radical (unpaired) electrons. The fraction of sp³-hybridized carbons (Fsp3) is 0. The van der Waals surface area contributed by atoms with Crippen LogP contribution in [0.15, 0.2) is 66.3 Å². The van der Waals surface area contributed by atoms with Crippen LogP contribution in [0.3, 0.4) is 0 Å². The van der Waals surface area contributed by atoms with Gasteiger partial charge in [-0.25, -0.2) is 15.0 Å². The van der Waals surface area contributed by atoms with Crippen LogP contribution in [0.4, 0.5) is 11.5 Å². The van der Waals surface area contributed by atoms with Gasteiger partial charge in [0.15, 0.2) is 5.82 Å². The molecule has 0 fully saturated rings. The number of thiophene rings is 1. The Labute approximate surface area is 151 Å². The summed E-state index contributed by atoms with van der Waals surface area (Å²) in [6.07, 6.45) is 1.59. The van der Waals surface area contributed by atoms with Gasteiger partial charge >= 0.3 is 0 Å². The minimum Gasteiger partial charge on any atom is -0.339 e. The first kappa shape index (κ1) is 14.5. The number of nitrogens with one attached hydrogen (secondary N) is 1. The molecular weight excluding hydrogens is 348 g/mol. The van der Waals surface area contributed by atoms with Gasteiger partial charge < -0.3 is 5.32 Å². The Bertz CT molecular complexity index is 1160. The summed E-state index contributed by atoms with van der Waals surface area (Å²) in [6.45, 7) is 0. The van der Waals surface area contributed by atoms with Gasteiger partial charge in [-0.05, 0) is 35.7 Å². The summed E-state index contributed by atoms with van der Waals surface area (Å²) in [5, 5.41) is 6.46. The largest absolute Gasteiger partial charge is 0.339 e. The van der Waals surface area contributed by atoms with Crippen LogP contribution in [0.1, 0.15) is 0 Å². The minimum atomic E-state index is 0.835. The van der Waals surface area contributed by atoms with Crippen LogP contribution < -0.4 is 5.32 Å². The number of benzene rings is 2. The van der Waals surface area contributed by atoms with Crippen LogP contribution >= 0.6 is 22.7 Å². The summed E-state index contributed by atoms with van der Waals surface area (Å²) < 4.78 is 2.26. The second kappa shape index (κ2) is 5.91. The standard InChI is InChI=1S/C19H12N4S2/c1-2-7-16-14(6-1)23-19(25-16)12-4-3-5-13(10-12)22-18-17-15(8-9-24-17)20-11-21-18/h1-11H,(H,20,21,22). The highest BCUT2D eigenvalue weighted by atomic mass is 32.1. The number of para-hydroxylation sites is 1. The summed E-state index contributed by atoms with van der Waals surface area (Å²) in [4.78, 5) is 13.4. The van der Waals surface area contributed by atoms with Crippen molar-refractivity contribution in [3.63, 3.8) is 0 Å². The van der Waals surface area contributed by atoms with E-state index in [0.717, 1.165) is 37.8 Å². The molecule has 0 aliphatic rings. The van der Waals surface area contributed by atoms with Crippen LogP contribution in [-0.2, 0) is 0 Å². The molecule has 0 atom stereocenters. The van der Waals surface area contributed by atoms with Crippen molar-refractivity contribution in [1.82, 2.24) is 15.0 Å². The molecule has 0 bridgehead atoms. The van der Waals surface area contributed by atoms with Gasteiger partial charge in [0.05, 0.1) is 20.4 Å². The molecule has 0 unspecified atom stereocenters. The molecule has 4 nitrogen and oxygen atoms in total. The van der Waals surface area contributed by atoms with E-state index in [-0.39, 0.29) is 0 Å². The SMILES string of the molecule is c1cc(Nc2ncnc3ccsc23)cc(-c2nc3ccccc3s2)c1. The molecule has 0 amide bonds. The van der Waals surface area contributed by atoms with Gasteiger partial charge in [0, 0.05) is 11.3 Å². The van der Waals surface area contributed by atoms with Crippen molar-refractivity contribution in [1.29, 1.82) is 0 Å². The normalized spacial score (nSPS) is 11.2. The lowest BCUT2D eigenvalue weighted by molar-refractivity contribution is 1.23. The molecule has 0 aliphatic carbocycles. The number of fused-ring (bicyclic) bond motifs is 2. The maximum Gasteiger partial charge on any atom is 0.151 e. The van der Waals surface area contributed by atoms with Gasteiger partial charge in [0.1, 0.15) is 11.3 Å². The van der Waals surface area contributed by atoms with E-state index in [1.54, 1.807) is 29.0 Å². The monoisotopic (exact) mass is 360 g/mol. The molecule has 1 N–H and O–H groups in total. The Morgan fingerprint density at radius 1 is 0.880 bits per heavy atom. The molecule has 6 heteroatoms. The quantitative estimate of drug-likeness (QED) is 0.447. The van der Waals surface area contributed by atoms with Gasteiger partial charge in [-0.3, -0.25) is 0 Å². The lowest BCUT2D eigenvalue weighted by Gasteiger charge is -2.07. The Kier molecular flexibility index (Phi) is 3.43. The lowest BCUT2D eigenvalue weighted by Crippen LogP contribution is -1.94. The van der Waals surface area contributed by atoms with Crippen LogP contribution in [0.5, 0.6) is 0 Å². The van der Waals surface area contributed by atoms with E-state index in [1.807, 2.05) is 41.8 Å². The van der Waals surface area contributed by atoms with Crippen molar-refractivity contribution in [2.24, 2.45) is 0 Å². The molecule has 5 aromatic rings. The predicted octanol–water partition coefficient (Wildman–Crippen LogP) is 5.71. The summed E-state index contributed by atoms with van der Waals surface area (Å²) in [7, 11) is 0. The molecule has 2 aromatic carbocycles. The summed E-state index contributed by atoms with van der Waals surface area (Å²) in [6, 6.07) is 18.5. The zero-order valence-corrected chi connectivity index (χ0v) is 14.6. The fourth-order valence-corrected chi connectivity index (χ4v) is 4.49. The zero-order chi connectivity index (χ0) is 16.6. The van der Waals surface area contributed by atoms with Gasteiger partial charge in [0.25, 0.3) is 0 Å². The average Bonchev–Trinajstić information content (AvgIpc) is 3.29. The van der Waals surface area contributed by atoms with Crippen molar-refractivity contribution in [3.05, 3.63) is 66.3 Å². The number of hydrogen-bond donors (Lipinski definition) is 1. The van der Waals surface area contributed by atoms with Crippen molar-refractivity contribution >= 4 is 54.6 Å². The third kappa shape index (κ3) is 2.65. The van der Waals surface area contributed by atoms with E-state index in [2.05, 4.69) is 33.5 Å². The van der Waals surface area contributed by atoms with Crippen LogP contribution in [-0.4, -0.2) is 15.0 Å². The first-order valence-corrected chi connectivity index (χ1v) is 9.48. The number of thiazole rings is 1.